The van der Waals surface area contributed by atoms with E-state index in [0.29, 0.717) is 12.1 Å². The molecule has 0 aliphatic carbocycles. The molecule has 234 valence electrons. The summed E-state index contributed by atoms with van der Waals surface area (Å²) in [4.78, 5) is 32.1. The topological polar surface area (TPSA) is 98.9 Å². The van der Waals surface area contributed by atoms with Gasteiger partial charge < -0.3 is 20.0 Å². The first-order valence-electron chi connectivity index (χ1n) is 16.6. The zero-order chi connectivity index (χ0) is 31.3. The molecule has 45 heavy (non-hydrogen) atoms. The van der Waals surface area contributed by atoms with Crippen molar-refractivity contribution in [1.29, 1.82) is 0 Å². The van der Waals surface area contributed by atoms with Crippen molar-refractivity contribution in [1.82, 2.24) is 30.2 Å². The molecule has 2 saturated heterocycles. The number of rotatable bonds is 6. The Balaban J connectivity index is 1.10. The van der Waals surface area contributed by atoms with Crippen LogP contribution in [0.4, 0.5) is 4.79 Å². The Morgan fingerprint density at radius 2 is 1.36 bits per heavy atom. The largest absolute Gasteiger partial charge is 0.444 e. The van der Waals surface area contributed by atoms with E-state index >= 15 is 0 Å². The van der Waals surface area contributed by atoms with E-state index in [2.05, 4.69) is 89.8 Å². The summed E-state index contributed by atoms with van der Waals surface area (Å²) in [5, 5.41) is 3.71. The Morgan fingerprint density at radius 1 is 0.778 bits per heavy atom. The molecule has 0 bridgehead atoms. The van der Waals surface area contributed by atoms with Gasteiger partial charge in [0.1, 0.15) is 17.2 Å². The van der Waals surface area contributed by atoms with Gasteiger partial charge in [0, 0.05) is 12.1 Å². The van der Waals surface area contributed by atoms with Crippen LogP contribution in [0, 0.1) is 0 Å². The Labute approximate surface area is 265 Å². The van der Waals surface area contributed by atoms with Gasteiger partial charge in [0.05, 0.1) is 34.2 Å². The van der Waals surface area contributed by atoms with Gasteiger partial charge in [0.25, 0.3) is 0 Å². The van der Waals surface area contributed by atoms with Crippen molar-refractivity contribution in [3.05, 3.63) is 72.3 Å². The number of aromatic nitrogens is 4. The lowest BCUT2D eigenvalue weighted by atomic mass is 10.00. The van der Waals surface area contributed by atoms with Crippen LogP contribution in [0.15, 0.2) is 60.7 Å². The van der Waals surface area contributed by atoms with Gasteiger partial charge in [-0.2, -0.15) is 0 Å². The molecule has 2 aliphatic heterocycles. The van der Waals surface area contributed by atoms with Crippen LogP contribution >= 0.6 is 0 Å². The van der Waals surface area contributed by atoms with Gasteiger partial charge >= 0.3 is 6.09 Å². The summed E-state index contributed by atoms with van der Waals surface area (Å²) in [5.74, 6) is 1.87. The van der Waals surface area contributed by atoms with E-state index in [9.17, 15) is 4.79 Å². The third-order valence-corrected chi connectivity index (χ3v) is 9.51. The van der Waals surface area contributed by atoms with Crippen molar-refractivity contribution >= 4 is 28.2 Å². The molecule has 8 nitrogen and oxygen atoms in total. The molecule has 7 rings (SSSR count). The third-order valence-electron chi connectivity index (χ3n) is 9.51. The Morgan fingerprint density at radius 3 is 1.91 bits per heavy atom. The maximum Gasteiger partial charge on any atom is 0.411 e. The van der Waals surface area contributed by atoms with Crippen molar-refractivity contribution in [3.8, 4) is 22.3 Å². The lowest BCUT2D eigenvalue weighted by molar-refractivity contribution is 0.0134. The molecule has 4 atom stereocenters. The maximum atomic E-state index is 13.2. The summed E-state index contributed by atoms with van der Waals surface area (Å²) in [6.45, 7) is 10.1. The van der Waals surface area contributed by atoms with Crippen LogP contribution in [-0.2, 0) is 4.74 Å². The number of H-pyrrole nitrogens is 2. The van der Waals surface area contributed by atoms with Gasteiger partial charge in [0.15, 0.2) is 0 Å². The van der Waals surface area contributed by atoms with Crippen LogP contribution in [0.25, 0.3) is 44.3 Å². The molecular formula is C37H44N6O2. The average molecular weight is 605 g/mol. The zero-order valence-electron chi connectivity index (χ0n) is 27.0. The second-order valence-corrected chi connectivity index (χ2v) is 13.7. The van der Waals surface area contributed by atoms with Crippen molar-refractivity contribution in [2.45, 2.75) is 103 Å². The monoisotopic (exact) mass is 604 g/mol. The number of hydrogen-bond acceptors (Lipinski definition) is 5. The van der Waals surface area contributed by atoms with Crippen molar-refractivity contribution in [2.75, 3.05) is 0 Å². The van der Waals surface area contributed by atoms with Crippen LogP contribution in [0.2, 0.25) is 0 Å². The quantitative estimate of drug-likeness (QED) is 0.180. The van der Waals surface area contributed by atoms with Gasteiger partial charge in [-0.15, -0.1) is 0 Å². The van der Waals surface area contributed by atoms with Gasteiger partial charge in [-0.25, -0.2) is 14.8 Å². The number of carbonyl (C=O) groups excluding carboxylic acids is 1. The molecular weight excluding hydrogens is 560 g/mol. The summed E-state index contributed by atoms with van der Waals surface area (Å²) in [6, 6.07) is 22.5. The highest BCUT2D eigenvalue weighted by Crippen LogP contribution is 2.38. The average Bonchev–Trinajstić information content (AvgIpc) is 3.83. The second kappa shape index (κ2) is 11.6. The molecule has 2 aromatic heterocycles. The number of nitrogens with zero attached hydrogens (tertiary/aromatic N) is 3. The number of likely N-dealkylation sites (tertiary alicyclic amines) is 1. The normalized spacial score (nSPS) is 22.1. The SMILES string of the molecule is CC[C@@H]1CCC(c2nc3cc(-c4ccc(-c5ccc6[nH]c([C@@H]7CC[C@@H](CC)N7C(=O)OC(C)(C)C)nc6c5)cc4)ccc3[nH]2)N1. The van der Waals surface area contributed by atoms with Crippen LogP contribution in [0.5, 0.6) is 0 Å². The molecule has 4 heterocycles. The second-order valence-electron chi connectivity index (χ2n) is 13.7. The fourth-order valence-electron chi connectivity index (χ4n) is 7.09. The van der Waals surface area contributed by atoms with E-state index < -0.39 is 5.60 Å². The van der Waals surface area contributed by atoms with Gasteiger partial charge in [0.2, 0.25) is 0 Å². The summed E-state index contributed by atoms with van der Waals surface area (Å²) in [5.41, 5.74) is 7.97. The third kappa shape index (κ3) is 5.84. The summed E-state index contributed by atoms with van der Waals surface area (Å²) < 4.78 is 5.79. The number of imidazole rings is 2. The lowest BCUT2D eigenvalue weighted by Gasteiger charge is -2.31. The minimum Gasteiger partial charge on any atom is -0.444 e. The number of nitrogens with one attached hydrogen (secondary N) is 3. The minimum absolute atomic E-state index is 0.120. The molecule has 5 aromatic rings. The fraction of sp³-hybridized carbons (Fsp3) is 0.432. The van der Waals surface area contributed by atoms with E-state index in [-0.39, 0.29) is 18.2 Å². The minimum atomic E-state index is -0.540. The summed E-state index contributed by atoms with van der Waals surface area (Å²) in [7, 11) is 0. The first-order valence-corrected chi connectivity index (χ1v) is 16.6. The van der Waals surface area contributed by atoms with Gasteiger partial charge in [-0.1, -0.05) is 50.2 Å². The first kappa shape index (κ1) is 29.5. The molecule has 8 heteroatoms. The predicted octanol–water partition coefficient (Wildman–Crippen LogP) is 8.83. The van der Waals surface area contributed by atoms with Gasteiger partial charge in [-0.3, -0.25) is 4.90 Å². The molecule has 2 aliphatic rings. The number of amides is 1. The number of hydrogen-bond donors (Lipinski definition) is 3. The lowest BCUT2D eigenvalue weighted by Crippen LogP contribution is -2.41. The Hall–Kier alpha value is -4.17. The number of fused-ring (bicyclic) bond motifs is 2. The molecule has 0 spiro atoms. The highest BCUT2D eigenvalue weighted by atomic mass is 16.6. The van der Waals surface area contributed by atoms with Crippen LogP contribution < -0.4 is 5.32 Å². The van der Waals surface area contributed by atoms with E-state index in [0.717, 1.165) is 88.1 Å². The Kier molecular flexibility index (Phi) is 7.64. The van der Waals surface area contributed by atoms with E-state index in [1.54, 1.807) is 0 Å². The summed E-state index contributed by atoms with van der Waals surface area (Å²) in [6.07, 6.45) is 5.93. The van der Waals surface area contributed by atoms with Gasteiger partial charge in [-0.05, 0) is 106 Å². The fourth-order valence-corrected chi connectivity index (χ4v) is 7.09. The highest BCUT2D eigenvalue weighted by Gasteiger charge is 2.40. The van der Waals surface area contributed by atoms with Crippen molar-refractivity contribution in [3.63, 3.8) is 0 Å². The predicted molar refractivity (Wildman–Crippen MR) is 180 cm³/mol. The van der Waals surface area contributed by atoms with Crippen LogP contribution in [0.1, 0.15) is 96.9 Å². The highest BCUT2D eigenvalue weighted by molar-refractivity contribution is 5.85. The number of ether oxygens (including phenoxy) is 1. The van der Waals surface area contributed by atoms with Crippen LogP contribution in [-0.4, -0.2) is 48.6 Å². The summed E-state index contributed by atoms with van der Waals surface area (Å²) >= 11 is 0. The Bertz CT molecular complexity index is 1830. The first-order chi connectivity index (χ1) is 21.7. The molecule has 3 N–H and O–H groups in total. The molecule has 0 radical (unpaired) electrons. The van der Waals surface area contributed by atoms with E-state index in [1.165, 1.54) is 6.42 Å². The molecule has 1 amide bonds. The molecule has 1 unspecified atom stereocenters. The van der Waals surface area contributed by atoms with E-state index in [4.69, 9.17) is 14.7 Å². The molecule has 3 aromatic carbocycles. The molecule has 0 saturated carbocycles. The zero-order valence-corrected chi connectivity index (χ0v) is 27.0. The standard InChI is InChI=1S/C37H44N6O2/c1-6-26-14-18-30(38-26)34-39-28-16-12-24(20-31(28)41-34)22-8-10-23(11-9-22)25-13-17-29-32(21-25)42-35(40-29)33-19-15-27(7-2)43(33)36(44)45-37(3,4)5/h8-13,16-17,20-21,26-27,30,33,38H,6-7,14-15,18-19H2,1-5H3,(H,39,41)(H,40,42)/t26-,27-,30?,33+/m1/s1. The number of benzene rings is 3. The number of aromatic amines is 2. The van der Waals surface area contributed by atoms with Crippen molar-refractivity contribution in [2.24, 2.45) is 0 Å². The molecule has 2 fully saturated rings. The smallest absolute Gasteiger partial charge is 0.411 e. The number of carbonyl (C=O) groups is 1. The van der Waals surface area contributed by atoms with Crippen molar-refractivity contribution < 1.29 is 9.53 Å². The maximum absolute atomic E-state index is 13.2. The van der Waals surface area contributed by atoms with E-state index in [1.807, 2.05) is 25.7 Å². The van der Waals surface area contributed by atoms with Crippen LogP contribution in [0.3, 0.4) is 0 Å².